The number of benzene rings is 2. The predicted octanol–water partition coefficient (Wildman–Crippen LogP) is 3.18. The zero-order valence-corrected chi connectivity index (χ0v) is 14.5. The first-order chi connectivity index (χ1) is 12.0. The molecule has 0 aliphatic carbocycles. The summed E-state index contributed by atoms with van der Waals surface area (Å²) in [4.78, 5) is 23.7. The maximum absolute atomic E-state index is 11.9. The van der Waals surface area contributed by atoms with Gasteiger partial charge in [-0.3, -0.25) is 9.59 Å². The van der Waals surface area contributed by atoms with Gasteiger partial charge in [-0.15, -0.1) is 0 Å². The van der Waals surface area contributed by atoms with E-state index in [0.717, 1.165) is 5.56 Å². The monoisotopic (exact) mass is 358 g/mol. The van der Waals surface area contributed by atoms with Gasteiger partial charge in [0.1, 0.15) is 0 Å². The second kappa shape index (κ2) is 8.84. The van der Waals surface area contributed by atoms with Gasteiger partial charge in [0, 0.05) is 18.5 Å². The lowest BCUT2D eigenvalue weighted by Gasteiger charge is -2.07. The number of rotatable bonds is 6. The Labute approximate surface area is 151 Å². The van der Waals surface area contributed by atoms with Crippen LogP contribution < -0.4 is 16.5 Å². The van der Waals surface area contributed by atoms with E-state index in [9.17, 15) is 9.59 Å². The summed E-state index contributed by atoms with van der Waals surface area (Å²) in [5.74, 6) is -0.641. The van der Waals surface area contributed by atoms with Gasteiger partial charge in [0.15, 0.2) is 0 Å². The number of hydrazone groups is 1. The first-order valence-corrected chi connectivity index (χ1v) is 8.07. The average Bonchev–Trinajstić information content (AvgIpc) is 2.60. The van der Waals surface area contributed by atoms with E-state index in [1.54, 1.807) is 43.3 Å². The summed E-state index contributed by atoms with van der Waals surface area (Å²) >= 11 is 5.96. The molecule has 2 rings (SSSR count). The van der Waals surface area contributed by atoms with E-state index in [2.05, 4.69) is 15.8 Å². The van der Waals surface area contributed by atoms with Gasteiger partial charge >= 0.3 is 0 Å². The lowest BCUT2D eigenvalue weighted by atomic mass is 10.1. The third kappa shape index (κ3) is 5.93. The number of nitrogens with zero attached hydrogens (tertiary/aromatic N) is 1. The summed E-state index contributed by atoms with van der Waals surface area (Å²) in [5, 5.41) is 7.13. The topological polar surface area (TPSA) is 96.6 Å². The normalized spacial score (nSPS) is 11.0. The molecule has 4 N–H and O–H groups in total. The summed E-state index contributed by atoms with van der Waals surface area (Å²) in [5.41, 5.74) is 10.7. The van der Waals surface area contributed by atoms with Crippen molar-refractivity contribution in [2.75, 3.05) is 11.1 Å². The van der Waals surface area contributed by atoms with Gasteiger partial charge in [-0.25, -0.2) is 5.43 Å². The van der Waals surface area contributed by atoms with Gasteiger partial charge in [-0.2, -0.15) is 5.10 Å². The van der Waals surface area contributed by atoms with E-state index < -0.39 is 0 Å². The zero-order chi connectivity index (χ0) is 18.2. The molecule has 0 atom stereocenters. The summed E-state index contributed by atoms with van der Waals surface area (Å²) < 4.78 is 0. The van der Waals surface area contributed by atoms with E-state index >= 15 is 0 Å². The van der Waals surface area contributed by atoms with Gasteiger partial charge in [0.25, 0.3) is 0 Å². The highest BCUT2D eigenvalue weighted by molar-refractivity contribution is 6.33. The number of para-hydroxylation sites is 1. The molecule has 0 saturated carbocycles. The van der Waals surface area contributed by atoms with Crippen molar-refractivity contribution in [1.29, 1.82) is 0 Å². The number of halogens is 1. The lowest BCUT2D eigenvalue weighted by Crippen LogP contribution is -2.21. The molecule has 0 radical (unpaired) electrons. The summed E-state index contributed by atoms with van der Waals surface area (Å²) in [7, 11) is 0. The molecule has 0 unspecified atom stereocenters. The van der Waals surface area contributed by atoms with Crippen LogP contribution in [0.3, 0.4) is 0 Å². The van der Waals surface area contributed by atoms with Gasteiger partial charge in [-0.1, -0.05) is 35.9 Å². The molecule has 0 spiro atoms. The Bertz CT molecular complexity index is 805. The van der Waals surface area contributed by atoms with Crippen LogP contribution in [-0.4, -0.2) is 17.5 Å². The molecule has 6 nitrogen and oxygen atoms in total. The van der Waals surface area contributed by atoms with Crippen LogP contribution >= 0.6 is 11.6 Å². The highest BCUT2D eigenvalue weighted by Crippen LogP contribution is 2.20. The van der Waals surface area contributed by atoms with Crippen LogP contribution in [0.4, 0.5) is 11.4 Å². The van der Waals surface area contributed by atoms with Crippen LogP contribution in [0.1, 0.15) is 25.3 Å². The van der Waals surface area contributed by atoms with E-state index in [1.807, 2.05) is 12.1 Å². The van der Waals surface area contributed by atoms with Gasteiger partial charge in [0.2, 0.25) is 11.8 Å². The minimum atomic E-state index is -0.349. The molecule has 2 aromatic carbocycles. The van der Waals surface area contributed by atoms with Crippen LogP contribution in [0.25, 0.3) is 0 Å². The Morgan fingerprint density at radius 3 is 2.52 bits per heavy atom. The second-order valence-electron chi connectivity index (χ2n) is 5.39. The Morgan fingerprint density at radius 1 is 1.08 bits per heavy atom. The number of hydrogen-bond donors (Lipinski definition) is 3. The number of carbonyl (C=O) groups excluding carboxylic acids is 2. The number of nitrogen functional groups attached to an aromatic ring is 1. The first-order valence-electron chi connectivity index (χ1n) is 7.69. The highest BCUT2D eigenvalue weighted by atomic mass is 35.5. The molecule has 7 heteroatoms. The van der Waals surface area contributed by atoms with Crippen molar-refractivity contribution in [1.82, 2.24) is 5.43 Å². The van der Waals surface area contributed by atoms with E-state index in [0.29, 0.717) is 22.1 Å². The second-order valence-corrected chi connectivity index (χ2v) is 5.79. The number of amides is 2. The van der Waals surface area contributed by atoms with Crippen LogP contribution in [0.15, 0.2) is 53.6 Å². The van der Waals surface area contributed by atoms with Crippen molar-refractivity contribution in [2.24, 2.45) is 5.10 Å². The Hall–Kier alpha value is -2.86. The average molecular weight is 359 g/mol. The fourth-order valence-electron chi connectivity index (χ4n) is 2.03. The zero-order valence-electron chi connectivity index (χ0n) is 13.8. The molecule has 0 aromatic heterocycles. The molecule has 25 heavy (non-hydrogen) atoms. The van der Waals surface area contributed by atoms with E-state index in [4.69, 9.17) is 17.3 Å². The molecular weight excluding hydrogens is 340 g/mol. The fourth-order valence-corrected chi connectivity index (χ4v) is 2.22. The SMILES string of the molecule is CC(=NNC(=O)CCC(=O)Nc1ccccc1Cl)c1cccc(N)c1. The minimum absolute atomic E-state index is 0.0179. The predicted molar refractivity (Wildman–Crippen MR) is 101 cm³/mol. The van der Waals surface area contributed by atoms with Crippen molar-refractivity contribution in [2.45, 2.75) is 19.8 Å². The third-order valence-electron chi connectivity index (χ3n) is 3.38. The third-order valence-corrected chi connectivity index (χ3v) is 3.71. The Morgan fingerprint density at radius 2 is 1.80 bits per heavy atom. The van der Waals surface area contributed by atoms with Crippen LogP contribution in [0.2, 0.25) is 5.02 Å². The quantitative estimate of drug-likeness (QED) is 0.420. The fraction of sp³-hybridized carbons (Fsp3) is 0.167. The van der Waals surface area contributed by atoms with Crippen molar-refractivity contribution < 1.29 is 9.59 Å². The molecule has 2 amide bonds. The lowest BCUT2D eigenvalue weighted by molar-refractivity contribution is -0.124. The Balaban J connectivity index is 1.81. The standard InChI is InChI=1S/C18H19ClN4O2/c1-12(13-5-4-6-14(20)11-13)22-23-18(25)10-9-17(24)21-16-8-3-2-7-15(16)19/h2-8,11H,9-10,20H2,1H3,(H,21,24)(H,23,25). The smallest absolute Gasteiger partial charge is 0.240 e. The maximum Gasteiger partial charge on any atom is 0.240 e. The minimum Gasteiger partial charge on any atom is -0.399 e. The molecule has 2 aromatic rings. The number of nitrogens with one attached hydrogen (secondary N) is 2. The summed E-state index contributed by atoms with van der Waals surface area (Å²) in [6.45, 7) is 1.76. The van der Waals surface area contributed by atoms with Gasteiger partial charge in [-0.05, 0) is 36.8 Å². The molecule has 0 saturated heterocycles. The molecule has 0 fully saturated rings. The van der Waals surface area contributed by atoms with Gasteiger partial charge < -0.3 is 11.1 Å². The van der Waals surface area contributed by atoms with E-state index in [1.165, 1.54) is 0 Å². The molecular formula is C18H19ClN4O2. The molecule has 130 valence electrons. The van der Waals surface area contributed by atoms with Crippen molar-refractivity contribution >= 4 is 40.5 Å². The summed E-state index contributed by atoms with van der Waals surface area (Å²) in [6, 6.07) is 14.1. The number of nitrogens with two attached hydrogens (primary N) is 1. The summed E-state index contributed by atoms with van der Waals surface area (Å²) in [6.07, 6.45) is 0.0495. The number of carbonyl (C=O) groups is 2. The molecule has 0 aliphatic heterocycles. The number of hydrogen-bond acceptors (Lipinski definition) is 4. The van der Waals surface area contributed by atoms with E-state index in [-0.39, 0.29) is 24.7 Å². The molecule has 0 heterocycles. The van der Waals surface area contributed by atoms with Crippen LogP contribution in [0.5, 0.6) is 0 Å². The highest BCUT2D eigenvalue weighted by Gasteiger charge is 2.08. The first kappa shape index (κ1) is 18.5. The largest absolute Gasteiger partial charge is 0.399 e. The molecule has 0 aliphatic rings. The van der Waals surface area contributed by atoms with Crippen molar-refractivity contribution in [3.05, 3.63) is 59.1 Å². The molecule has 0 bridgehead atoms. The Kier molecular flexibility index (Phi) is 6.54. The van der Waals surface area contributed by atoms with Crippen LogP contribution in [0, 0.1) is 0 Å². The van der Waals surface area contributed by atoms with Crippen molar-refractivity contribution in [3.8, 4) is 0 Å². The van der Waals surface area contributed by atoms with Crippen molar-refractivity contribution in [3.63, 3.8) is 0 Å². The van der Waals surface area contributed by atoms with Crippen LogP contribution in [-0.2, 0) is 9.59 Å². The van der Waals surface area contributed by atoms with Gasteiger partial charge in [0.05, 0.1) is 16.4 Å². The number of anilines is 2. The maximum atomic E-state index is 11.9.